The molecular weight excluding hydrogens is 276 g/mol. The van der Waals surface area contributed by atoms with Gasteiger partial charge in [-0.2, -0.15) is 0 Å². The van der Waals surface area contributed by atoms with Gasteiger partial charge in [0.2, 0.25) is 10.0 Å². The smallest absolute Gasteiger partial charge is 0.240 e. The van der Waals surface area contributed by atoms with E-state index in [0.29, 0.717) is 24.4 Å². The van der Waals surface area contributed by atoms with E-state index in [1.54, 1.807) is 0 Å². The highest BCUT2D eigenvalue weighted by Crippen LogP contribution is 2.27. The molecule has 0 aromatic heterocycles. The third kappa shape index (κ3) is 2.95. The van der Waals surface area contributed by atoms with Gasteiger partial charge in [-0.15, -0.1) is 0 Å². The van der Waals surface area contributed by atoms with Crippen molar-refractivity contribution in [2.45, 2.75) is 23.8 Å². The minimum Gasteiger partial charge on any atom is -0.397 e. The summed E-state index contributed by atoms with van der Waals surface area (Å²) in [7, 11) is -3.56. The van der Waals surface area contributed by atoms with Crippen molar-refractivity contribution in [1.29, 1.82) is 0 Å². The lowest BCUT2D eigenvalue weighted by Crippen LogP contribution is -2.38. The summed E-state index contributed by atoms with van der Waals surface area (Å²) in [6.07, 6.45) is 1.00. The first kappa shape index (κ1) is 13.6. The monoisotopic (exact) mass is 290 g/mol. The summed E-state index contributed by atoms with van der Waals surface area (Å²) in [6.45, 7) is 0.335. The van der Waals surface area contributed by atoms with Crippen LogP contribution in [0.15, 0.2) is 23.1 Å². The molecule has 0 atom stereocenters. The molecule has 18 heavy (non-hydrogen) atoms. The topological polar surface area (TPSA) is 92.4 Å². The fourth-order valence-corrected chi connectivity index (χ4v) is 3.14. The molecule has 0 aliphatic heterocycles. The minimum absolute atomic E-state index is 0.101. The number of nitrogens with two attached hydrogens (primary N) is 1. The molecule has 4 N–H and O–H groups in total. The quantitative estimate of drug-likeness (QED) is 0.721. The molecule has 0 radical (unpaired) electrons. The Hall–Kier alpha value is -0.820. The van der Waals surface area contributed by atoms with E-state index < -0.39 is 10.0 Å². The second kappa shape index (κ2) is 5.05. The van der Waals surface area contributed by atoms with Crippen LogP contribution in [0.4, 0.5) is 5.69 Å². The normalized spacial score (nSPS) is 23.7. The van der Waals surface area contributed by atoms with Crippen LogP contribution in [0.1, 0.15) is 12.8 Å². The summed E-state index contributed by atoms with van der Waals surface area (Å²) in [4.78, 5) is 0.101. The van der Waals surface area contributed by atoms with Crippen LogP contribution in [0.2, 0.25) is 5.02 Å². The van der Waals surface area contributed by atoms with Gasteiger partial charge >= 0.3 is 0 Å². The number of hydrogen-bond acceptors (Lipinski definition) is 4. The number of aliphatic hydroxyl groups is 1. The zero-order valence-electron chi connectivity index (χ0n) is 9.64. The number of benzene rings is 1. The molecule has 0 amide bonds. The Kier molecular flexibility index (Phi) is 3.82. The number of hydrogen-bond donors (Lipinski definition) is 3. The van der Waals surface area contributed by atoms with Crippen LogP contribution in [0.3, 0.4) is 0 Å². The van der Waals surface area contributed by atoms with Gasteiger partial charge in [-0.3, -0.25) is 0 Å². The summed E-state index contributed by atoms with van der Waals surface area (Å²) in [6, 6.07) is 4.20. The van der Waals surface area contributed by atoms with Crippen LogP contribution < -0.4 is 10.5 Å². The zero-order valence-corrected chi connectivity index (χ0v) is 11.2. The number of sulfonamides is 1. The zero-order chi connectivity index (χ0) is 13.3. The average Bonchev–Trinajstić information content (AvgIpc) is 2.26. The summed E-state index contributed by atoms with van der Waals surface area (Å²) in [5, 5.41) is 9.45. The summed E-state index contributed by atoms with van der Waals surface area (Å²) in [5.41, 5.74) is 5.81. The van der Waals surface area contributed by atoms with E-state index >= 15 is 0 Å². The van der Waals surface area contributed by atoms with E-state index in [1.807, 2.05) is 0 Å². The van der Waals surface area contributed by atoms with Crippen LogP contribution in [0.5, 0.6) is 0 Å². The molecule has 1 aromatic rings. The van der Waals surface area contributed by atoms with Gasteiger partial charge in [-0.05, 0) is 37.0 Å². The molecule has 1 fully saturated rings. The number of nitrogen functional groups attached to an aromatic ring is 1. The fraction of sp³-hybridized carbons (Fsp3) is 0.455. The van der Waals surface area contributed by atoms with Gasteiger partial charge in [0, 0.05) is 6.54 Å². The Morgan fingerprint density at radius 3 is 2.67 bits per heavy atom. The highest BCUT2D eigenvalue weighted by molar-refractivity contribution is 7.89. The first-order valence-electron chi connectivity index (χ1n) is 5.61. The number of anilines is 1. The predicted molar refractivity (Wildman–Crippen MR) is 69.8 cm³/mol. The molecule has 2 rings (SSSR count). The maximum absolute atomic E-state index is 11.9. The van der Waals surface area contributed by atoms with Crippen molar-refractivity contribution in [2.75, 3.05) is 12.3 Å². The second-order valence-corrected chi connectivity index (χ2v) is 6.70. The van der Waals surface area contributed by atoms with Crippen LogP contribution in [0, 0.1) is 5.92 Å². The van der Waals surface area contributed by atoms with E-state index in [-0.39, 0.29) is 22.6 Å². The Morgan fingerprint density at radius 2 is 2.11 bits per heavy atom. The lowest BCUT2D eigenvalue weighted by Gasteiger charge is -2.31. The lowest BCUT2D eigenvalue weighted by atomic mass is 9.83. The molecule has 5 nitrogen and oxygen atoms in total. The molecule has 1 aliphatic rings. The summed E-state index contributed by atoms with van der Waals surface area (Å²) in [5.74, 6) is 0.208. The largest absolute Gasteiger partial charge is 0.397 e. The molecule has 1 saturated carbocycles. The van der Waals surface area contributed by atoms with Crippen LogP contribution in [-0.2, 0) is 10.0 Å². The van der Waals surface area contributed by atoms with E-state index in [0.717, 1.165) is 0 Å². The third-order valence-corrected chi connectivity index (χ3v) is 4.82. The highest BCUT2D eigenvalue weighted by atomic mass is 35.5. The number of nitrogens with one attached hydrogen (secondary N) is 1. The van der Waals surface area contributed by atoms with Crippen molar-refractivity contribution in [3.8, 4) is 0 Å². The van der Waals surface area contributed by atoms with E-state index in [1.165, 1.54) is 18.2 Å². The molecule has 1 aliphatic carbocycles. The van der Waals surface area contributed by atoms with E-state index in [4.69, 9.17) is 22.4 Å². The standard InChI is InChI=1S/C11H15ClN2O3S/c12-10-2-1-9(5-11(10)13)18(16,17)14-6-7-3-8(15)4-7/h1-2,5,7-8,14-15H,3-4,6,13H2. The van der Waals surface area contributed by atoms with Crippen molar-refractivity contribution in [3.63, 3.8) is 0 Å². The van der Waals surface area contributed by atoms with Crippen LogP contribution >= 0.6 is 11.6 Å². The highest BCUT2D eigenvalue weighted by Gasteiger charge is 2.28. The first-order valence-corrected chi connectivity index (χ1v) is 7.47. The van der Waals surface area contributed by atoms with E-state index in [9.17, 15) is 8.42 Å². The van der Waals surface area contributed by atoms with Crippen molar-refractivity contribution < 1.29 is 13.5 Å². The minimum atomic E-state index is -3.56. The van der Waals surface area contributed by atoms with Crippen molar-refractivity contribution >= 4 is 27.3 Å². The van der Waals surface area contributed by atoms with Gasteiger partial charge in [0.15, 0.2) is 0 Å². The Labute approximate surface area is 111 Å². The molecule has 0 unspecified atom stereocenters. The predicted octanol–water partition coefficient (Wildman–Crippen LogP) is 0.971. The number of aliphatic hydroxyl groups excluding tert-OH is 1. The van der Waals surface area contributed by atoms with Gasteiger partial charge in [-0.25, -0.2) is 13.1 Å². The number of halogens is 1. The van der Waals surface area contributed by atoms with E-state index in [2.05, 4.69) is 4.72 Å². The van der Waals surface area contributed by atoms with Crippen LogP contribution in [-0.4, -0.2) is 26.2 Å². The third-order valence-electron chi connectivity index (χ3n) is 3.05. The summed E-state index contributed by atoms with van der Waals surface area (Å²) < 4.78 is 26.4. The summed E-state index contributed by atoms with van der Waals surface area (Å²) >= 11 is 5.74. The molecule has 0 saturated heterocycles. The SMILES string of the molecule is Nc1cc(S(=O)(=O)NCC2CC(O)C2)ccc1Cl. The molecule has 100 valence electrons. The molecule has 0 heterocycles. The average molecular weight is 291 g/mol. The number of rotatable bonds is 4. The Morgan fingerprint density at radius 1 is 1.44 bits per heavy atom. The van der Waals surface area contributed by atoms with Gasteiger partial charge in [0.1, 0.15) is 0 Å². The van der Waals surface area contributed by atoms with Gasteiger partial charge in [0.25, 0.3) is 0 Å². The second-order valence-electron chi connectivity index (χ2n) is 4.53. The Balaban J connectivity index is 2.03. The Bertz CT molecular complexity index is 541. The fourth-order valence-electron chi connectivity index (χ4n) is 1.87. The maximum Gasteiger partial charge on any atom is 0.240 e. The molecular formula is C11H15ClN2O3S. The van der Waals surface area contributed by atoms with Crippen LogP contribution in [0.25, 0.3) is 0 Å². The van der Waals surface area contributed by atoms with Gasteiger partial charge in [0.05, 0.1) is 21.7 Å². The molecule has 1 aromatic carbocycles. The maximum atomic E-state index is 11.9. The van der Waals surface area contributed by atoms with Crippen molar-refractivity contribution in [3.05, 3.63) is 23.2 Å². The molecule has 0 bridgehead atoms. The molecule has 0 spiro atoms. The van der Waals surface area contributed by atoms with Gasteiger partial charge in [-0.1, -0.05) is 11.6 Å². The van der Waals surface area contributed by atoms with Gasteiger partial charge < -0.3 is 10.8 Å². The van der Waals surface area contributed by atoms with Crippen molar-refractivity contribution in [2.24, 2.45) is 5.92 Å². The lowest BCUT2D eigenvalue weighted by molar-refractivity contribution is 0.0453. The first-order chi connectivity index (χ1) is 8.38. The van der Waals surface area contributed by atoms with Crippen molar-refractivity contribution in [1.82, 2.24) is 4.72 Å². The molecule has 7 heteroatoms.